The minimum absolute atomic E-state index is 0. The zero-order valence-electron chi connectivity index (χ0n) is 74.4. The Balaban J connectivity index is 0.000000164. The number of benzene rings is 12. The van der Waals surface area contributed by atoms with Crippen molar-refractivity contribution in [1.29, 1.82) is 0 Å². The minimum atomic E-state index is -3.24. The van der Waals surface area contributed by atoms with Crippen LogP contribution in [0.2, 0.25) is 0 Å². The van der Waals surface area contributed by atoms with E-state index in [2.05, 4.69) is 255 Å². The van der Waals surface area contributed by atoms with Gasteiger partial charge in [0.25, 0.3) is 0 Å². The molecule has 12 aromatic carbocycles. The van der Waals surface area contributed by atoms with Crippen molar-refractivity contribution in [2.45, 2.75) is 40.0 Å². The summed E-state index contributed by atoms with van der Waals surface area (Å²) >= 11 is 0. The van der Waals surface area contributed by atoms with Crippen LogP contribution in [-0.4, -0.2) is 44.7 Å². The molecular formula is C118H82Ir4N9O4PPt-4. The molecule has 13 nitrogen and oxygen atoms in total. The Bertz CT molecular complexity index is 7540. The molecule has 20 aromatic rings. The fourth-order valence-electron chi connectivity index (χ4n) is 14.7. The average Bonchev–Trinajstić information content (AvgIpc) is 1.64. The summed E-state index contributed by atoms with van der Waals surface area (Å²) in [5.41, 5.74) is 24.2. The van der Waals surface area contributed by atoms with E-state index in [-0.39, 0.29) is 107 Å². The monoisotopic (exact) mass is 2690 g/mol. The van der Waals surface area contributed by atoms with Crippen LogP contribution < -0.4 is 25.4 Å². The van der Waals surface area contributed by atoms with Crippen LogP contribution in [0.4, 0.5) is 0 Å². The van der Waals surface area contributed by atoms with Gasteiger partial charge in [-0.3, -0.25) is 0 Å². The molecule has 678 valence electrons. The van der Waals surface area contributed by atoms with E-state index in [1.807, 2.05) is 255 Å². The molecule has 0 atom stereocenters. The number of nitrogens with zero attached hydrogens (tertiary/aromatic N) is 9. The van der Waals surface area contributed by atoms with Gasteiger partial charge in [-0.25, -0.2) is 0 Å². The molecule has 0 bridgehead atoms. The smallest absolute Gasteiger partial charge is 0.418 e. The van der Waals surface area contributed by atoms with E-state index < -0.39 is 7.14 Å². The number of aryl methyl sites for hydroxylation is 2. The van der Waals surface area contributed by atoms with Gasteiger partial charge in [-0.05, 0) is 172 Å². The largest absolute Gasteiger partial charge is 2.00 e. The predicted molar refractivity (Wildman–Crippen MR) is 531 cm³/mol. The fourth-order valence-corrected chi connectivity index (χ4v) is 17.3. The van der Waals surface area contributed by atoms with Crippen LogP contribution in [0.25, 0.3) is 140 Å². The fraction of sp³-hybridized carbons (Fsp3) is 0.0508. The van der Waals surface area contributed by atoms with Gasteiger partial charge < -0.3 is 52.9 Å². The van der Waals surface area contributed by atoms with Gasteiger partial charge in [0.05, 0.1) is 11.0 Å². The van der Waals surface area contributed by atoms with Crippen molar-refractivity contribution < 1.29 is 120 Å². The number of pyridine rings is 6. The molecule has 0 aliphatic rings. The summed E-state index contributed by atoms with van der Waals surface area (Å²) < 4.78 is 33.9. The van der Waals surface area contributed by atoms with Crippen molar-refractivity contribution >= 4 is 44.9 Å². The van der Waals surface area contributed by atoms with Crippen LogP contribution >= 0.6 is 7.14 Å². The Kier molecular flexibility index (Phi) is 38.0. The molecule has 137 heavy (non-hydrogen) atoms. The quantitative estimate of drug-likeness (QED) is 0.0513. The van der Waals surface area contributed by atoms with Crippen molar-refractivity contribution in [2.75, 3.05) is 0 Å². The molecule has 20 rings (SSSR count). The maximum Gasteiger partial charge on any atom is 2.00 e. The number of para-hydroxylation sites is 2. The Labute approximate surface area is 868 Å². The van der Waals surface area contributed by atoms with E-state index in [0.717, 1.165) is 101 Å². The number of terminal acetylenes is 2. The van der Waals surface area contributed by atoms with Crippen LogP contribution in [-0.2, 0) is 111 Å². The van der Waals surface area contributed by atoms with Crippen LogP contribution in [0, 0.1) is 99.0 Å². The van der Waals surface area contributed by atoms with E-state index >= 15 is 0 Å². The van der Waals surface area contributed by atoms with Crippen molar-refractivity contribution in [3.8, 4) is 179 Å². The summed E-state index contributed by atoms with van der Waals surface area (Å²) in [7, 11) is -3.24. The maximum atomic E-state index is 14.9. The van der Waals surface area contributed by atoms with Gasteiger partial charge in [0.2, 0.25) is 11.8 Å². The summed E-state index contributed by atoms with van der Waals surface area (Å²) in [4.78, 5) is 26.4. The third kappa shape index (κ3) is 26.1. The van der Waals surface area contributed by atoms with E-state index in [1.54, 1.807) is 36.9 Å². The summed E-state index contributed by atoms with van der Waals surface area (Å²) in [5, 5.41) is 13.0. The second-order valence-corrected chi connectivity index (χ2v) is 33.8. The number of aromatic nitrogens is 9. The van der Waals surface area contributed by atoms with Crippen molar-refractivity contribution in [1.82, 2.24) is 44.7 Å². The van der Waals surface area contributed by atoms with E-state index in [0.29, 0.717) is 33.9 Å². The topological polar surface area (TPSA) is 157 Å². The van der Waals surface area contributed by atoms with Crippen LogP contribution in [0.3, 0.4) is 0 Å². The Hall–Kier alpha value is -14.2. The van der Waals surface area contributed by atoms with Gasteiger partial charge in [-0.2, -0.15) is 0 Å². The molecule has 0 spiro atoms. The zero-order chi connectivity index (χ0) is 90.9. The third-order valence-electron chi connectivity index (χ3n) is 21.3. The van der Waals surface area contributed by atoms with Gasteiger partial charge in [-0.15, -0.1) is 213 Å². The van der Waals surface area contributed by atoms with Gasteiger partial charge in [0.15, 0.2) is 11.5 Å². The molecule has 8 aromatic heterocycles. The average molecular weight is 2680 g/mol. The van der Waals surface area contributed by atoms with E-state index in [9.17, 15) is 4.57 Å². The van der Waals surface area contributed by atoms with Crippen molar-refractivity contribution in [2.24, 2.45) is 0 Å². The molecule has 8 heterocycles. The summed E-state index contributed by atoms with van der Waals surface area (Å²) in [6.45, 7) is 10.8. The van der Waals surface area contributed by atoms with Crippen molar-refractivity contribution in [3.05, 3.63) is 448 Å². The van der Waals surface area contributed by atoms with Gasteiger partial charge in [-0.1, -0.05) is 213 Å². The molecule has 4 radical (unpaired) electrons. The van der Waals surface area contributed by atoms with Crippen LogP contribution in [0.15, 0.2) is 400 Å². The zero-order valence-corrected chi connectivity index (χ0v) is 87.2. The SMILES string of the molecule is C#CC#COc1ccc(-c2cc[c-]c(-c3ccccn3)c2)cc1OC#CC#C.CC(C)(C)c1ccc(-c2nnc(-c3cc[c-]c(-c4ccccn4)c3)o2)cc1.Cc1ccc(C)c(-c2cc[c-]c(-c3ccccn3)c2)c1.O=P(c1[c-]c(-c2ccccn2)ccc1)(c1[c-]c(-c2ccccn2)ccc1)c1ccccc1.[Ir].[Ir].[Ir].[Ir].[Pt+2].[c-]1ccc(-n2c3ccccc3c3ccccc32)cc1-c1ccccn1. The molecule has 0 aliphatic carbocycles. The first-order valence-electron chi connectivity index (χ1n) is 42.4. The first kappa shape index (κ1) is 103. The molecule has 0 saturated carbocycles. The summed E-state index contributed by atoms with van der Waals surface area (Å²) in [6, 6.07) is 137. The number of hydrogen-bond donors (Lipinski definition) is 0. The number of hydrogen-bond acceptors (Lipinski definition) is 12. The molecule has 0 amide bonds. The molecule has 0 saturated heterocycles. The summed E-state index contributed by atoms with van der Waals surface area (Å²) in [6.07, 6.45) is 25.7. The number of ether oxygens (including phenoxy) is 2. The minimum Gasteiger partial charge on any atom is -0.418 e. The molecule has 0 N–H and O–H groups in total. The first-order valence-corrected chi connectivity index (χ1v) is 44.1. The standard InChI is InChI=1S/C28H19N2OP.C25H12NO2.C23H20N3O.C23H15N2.C19H16N.4Ir.Pt/c31-32(24-12-2-1-3-13-24,25-14-8-10-22(20-25)27-16-4-6-18-29-27)26-15-9-11-23(21-26)28-17-5-7-19-30-28;1-3-5-16-27-24-14-13-21(19-25(24)28-17-6-4-2)20-10-9-11-22(18-20)23-12-7-8-15-26-23;1-23(2,3)19-12-10-16(11-13-19)21-25-26-22(27-21)18-8-6-7-17(15-18)20-9-4-5-14-24-20;1-3-13-22-19(10-1)20-11-2-4-14-23(20)25(22)18-9-7-8-17(16-18)21-12-5-6-15-24-21;1-14-9-10-15(2)18(12-14)16-6-5-7-17(13-16)19-8-3-4-11-20-19;;;;;/h1-19H;1-2,7-10,12-15,18-19H;4-6,8-15H,1-3H3;1-7,9-16H;3-6,8-13H,1-2H3;;;;;/q-2;4*-1;;;;;+2. The van der Waals surface area contributed by atoms with Gasteiger partial charge in [0.1, 0.15) is 19.4 Å². The maximum absolute atomic E-state index is 14.9. The van der Waals surface area contributed by atoms with Gasteiger partial charge >= 0.3 is 21.1 Å². The Morgan fingerprint density at radius 3 is 1.23 bits per heavy atom. The van der Waals surface area contributed by atoms with Crippen molar-refractivity contribution in [3.63, 3.8) is 0 Å². The first-order chi connectivity index (χ1) is 64.7. The second kappa shape index (κ2) is 50.4. The normalized spacial score (nSPS) is 10.3. The number of fused-ring (bicyclic) bond motifs is 3. The Morgan fingerprint density at radius 2 is 0.759 bits per heavy atom. The Morgan fingerprint density at radius 1 is 0.365 bits per heavy atom. The molecule has 0 unspecified atom stereocenters. The molecule has 0 aliphatic heterocycles. The molecular weight excluding hydrogens is 2600 g/mol. The van der Waals surface area contributed by atoms with Crippen LogP contribution in [0.5, 0.6) is 11.5 Å². The van der Waals surface area contributed by atoms with Gasteiger partial charge in [0, 0.05) is 151 Å². The third-order valence-corrected chi connectivity index (χ3v) is 24.2. The van der Waals surface area contributed by atoms with E-state index in [4.69, 9.17) is 26.7 Å². The predicted octanol–water partition coefficient (Wildman–Crippen LogP) is 25.2. The van der Waals surface area contributed by atoms with Crippen LogP contribution in [0.1, 0.15) is 37.5 Å². The van der Waals surface area contributed by atoms with E-state index in [1.165, 1.54) is 49.6 Å². The molecule has 19 heteroatoms. The molecule has 0 fully saturated rings. The number of rotatable bonds is 16. The summed E-state index contributed by atoms with van der Waals surface area (Å²) in [5.74, 6) is 10.9. The second-order valence-electron chi connectivity index (χ2n) is 31.1.